The van der Waals surface area contributed by atoms with Gasteiger partial charge in [-0.05, 0) is 64.8 Å². The Kier molecular flexibility index (Phi) is 7.76. The van der Waals surface area contributed by atoms with Crippen molar-refractivity contribution in [3.63, 3.8) is 0 Å². The summed E-state index contributed by atoms with van der Waals surface area (Å²) in [6.07, 6.45) is 0.261. The number of aromatic amines is 1. The Morgan fingerprint density at radius 3 is 2.35 bits per heavy atom. The van der Waals surface area contributed by atoms with Crippen LogP contribution in [0.5, 0.6) is 0 Å². The molecule has 1 aromatic heterocycles. The number of amides is 2. The van der Waals surface area contributed by atoms with Crippen LogP contribution < -0.4 is 10.6 Å². The van der Waals surface area contributed by atoms with Crippen molar-refractivity contribution in [3.8, 4) is 0 Å². The number of aryl methyl sites for hydroxylation is 2. The topological polar surface area (TPSA) is 100 Å². The Labute approximate surface area is 200 Å². The third kappa shape index (κ3) is 6.94. The van der Waals surface area contributed by atoms with Crippen LogP contribution in [0.2, 0.25) is 0 Å². The van der Waals surface area contributed by atoms with E-state index < -0.39 is 17.6 Å². The highest BCUT2D eigenvalue weighted by Gasteiger charge is 2.25. The van der Waals surface area contributed by atoms with Crippen LogP contribution in [0.1, 0.15) is 50.4 Å². The Bertz CT molecular complexity index is 1170. The molecule has 0 unspecified atom stereocenters. The van der Waals surface area contributed by atoms with Crippen LogP contribution in [0.3, 0.4) is 0 Å². The van der Waals surface area contributed by atoms with Crippen LogP contribution in [-0.2, 0) is 25.5 Å². The average molecular weight is 464 g/mol. The lowest BCUT2D eigenvalue weighted by molar-refractivity contribution is -0.155. The van der Waals surface area contributed by atoms with Crippen LogP contribution in [0.4, 0.5) is 5.69 Å². The summed E-state index contributed by atoms with van der Waals surface area (Å²) in [6, 6.07) is 14.3. The third-order valence-electron chi connectivity index (χ3n) is 5.39. The number of carbonyl (C=O) groups excluding carboxylic acids is 3. The van der Waals surface area contributed by atoms with Gasteiger partial charge in [-0.15, -0.1) is 0 Å². The first kappa shape index (κ1) is 25.0. The van der Waals surface area contributed by atoms with E-state index in [0.717, 1.165) is 27.7 Å². The molecule has 0 saturated carbocycles. The molecule has 0 radical (unpaired) electrons. The third-order valence-corrected chi connectivity index (χ3v) is 5.39. The van der Waals surface area contributed by atoms with Gasteiger partial charge in [0.15, 0.2) is 0 Å². The molecular formula is C27H33N3O4. The second-order valence-electron chi connectivity index (χ2n) is 9.55. The number of benzene rings is 2. The van der Waals surface area contributed by atoms with Crippen LogP contribution in [-0.4, -0.2) is 34.4 Å². The molecule has 0 bridgehead atoms. The zero-order chi connectivity index (χ0) is 24.9. The summed E-state index contributed by atoms with van der Waals surface area (Å²) in [5.74, 6) is -1.08. The smallest absolute Gasteiger partial charge is 0.306 e. The van der Waals surface area contributed by atoms with Crippen molar-refractivity contribution in [2.24, 2.45) is 0 Å². The predicted molar refractivity (Wildman–Crippen MR) is 134 cm³/mol. The van der Waals surface area contributed by atoms with Gasteiger partial charge in [0.25, 0.3) is 0 Å². The number of hydrogen-bond acceptors (Lipinski definition) is 4. The number of ether oxygens (including phenoxy) is 1. The zero-order valence-electron chi connectivity index (χ0n) is 20.5. The molecule has 0 aliphatic heterocycles. The molecule has 3 N–H and O–H groups in total. The fourth-order valence-corrected chi connectivity index (χ4v) is 3.76. The molecule has 7 nitrogen and oxygen atoms in total. The number of carbonyl (C=O) groups is 3. The van der Waals surface area contributed by atoms with E-state index in [0.29, 0.717) is 5.69 Å². The molecule has 180 valence electrons. The van der Waals surface area contributed by atoms with Crippen molar-refractivity contribution in [3.05, 3.63) is 65.4 Å². The minimum atomic E-state index is -0.883. The van der Waals surface area contributed by atoms with E-state index in [4.69, 9.17) is 4.74 Å². The van der Waals surface area contributed by atoms with Gasteiger partial charge >= 0.3 is 5.97 Å². The quantitative estimate of drug-likeness (QED) is 0.426. The number of rotatable bonds is 8. The molecule has 0 fully saturated rings. The Hall–Kier alpha value is -3.61. The second-order valence-corrected chi connectivity index (χ2v) is 9.55. The highest BCUT2D eigenvalue weighted by molar-refractivity contribution is 5.98. The predicted octanol–water partition coefficient (Wildman–Crippen LogP) is 4.57. The van der Waals surface area contributed by atoms with Gasteiger partial charge < -0.3 is 20.4 Å². The lowest BCUT2D eigenvalue weighted by atomic mass is 10.1. The monoisotopic (exact) mass is 463 g/mol. The first-order valence-corrected chi connectivity index (χ1v) is 11.5. The number of fused-ring (bicyclic) bond motifs is 1. The van der Waals surface area contributed by atoms with Crippen molar-refractivity contribution in [1.82, 2.24) is 10.3 Å². The second kappa shape index (κ2) is 10.5. The number of nitrogens with one attached hydrogen (secondary N) is 3. The number of para-hydroxylation sites is 1. The van der Waals surface area contributed by atoms with Crippen LogP contribution in [0.25, 0.3) is 10.9 Å². The Morgan fingerprint density at radius 2 is 1.68 bits per heavy atom. The van der Waals surface area contributed by atoms with Gasteiger partial charge in [0, 0.05) is 28.7 Å². The molecule has 2 amide bonds. The van der Waals surface area contributed by atoms with Crippen LogP contribution in [0.15, 0.2) is 48.5 Å². The van der Waals surface area contributed by atoms with E-state index in [1.807, 2.05) is 50.2 Å². The summed E-state index contributed by atoms with van der Waals surface area (Å²) in [7, 11) is 0. The maximum absolute atomic E-state index is 13.0. The van der Waals surface area contributed by atoms with Gasteiger partial charge in [-0.25, -0.2) is 0 Å². The number of hydrogen-bond donors (Lipinski definition) is 3. The average Bonchev–Trinajstić information content (AvgIpc) is 3.06. The highest BCUT2D eigenvalue weighted by atomic mass is 16.6. The van der Waals surface area contributed by atoms with Crippen molar-refractivity contribution >= 4 is 34.4 Å². The van der Waals surface area contributed by atoms with Crippen molar-refractivity contribution in [2.45, 2.75) is 65.5 Å². The molecule has 0 aliphatic carbocycles. The molecule has 34 heavy (non-hydrogen) atoms. The Morgan fingerprint density at radius 1 is 1.00 bits per heavy atom. The maximum atomic E-state index is 13.0. The fraction of sp³-hybridized carbons (Fsp3) is 0.370. The van der Waals surface area contributed by atoms with Crippen LogP contribution >= 0.6 is 0 Å². The maximum Gasteiger partial charge on any atom is 0.306 e. The normalized spacial score (nSPS) is 12.3. The van der Waals surface area contributed by atoms with Gasteiger partial charge in [-0.2, -0.15) is 0 Å². The van der Waals surface area contributed by atoms with Gasteiger partial charge in [0.05, 0.1) is 6.42 Å². The van der Waals surface area contributed by atoms with Crippen molar-refractivity contribution in [1.29, 1.82) is 0 Å². The molecule has 3 aromatic rings. The number of H-pyrrole nitrogens is 1. The lowest BCUT2D eigenvalue weighted by Crippen LogP contribution is -2.45. The van der Waals surface area contributed by atoms with E-state index in [9.17, 15) is 14.4 Å². The van der Waals surface area contributed by atoms with Gasteiger partial charge in [-0.1, -0.05) is 35.9 Å². The highest BCUT2D eigenvalue weighted by Crippen LogP contribution is 2.22. The number of esters is 1. The van der Waals surface area contributed by atoms with E-state index in [1.165, 1.54) is 0 Å². The molecular weight excluding hydrogens is 430 g/mol. The molecule has 1 atom stereocenters. The van der Waals surface area contributed by atoms with E-state index in [2.05, 4.69) is 15.6 Å². The van der Waals surface area contributed by atoms with Crippen molar-refractivity contribution < 1.29 is 19.1 Å². The zero-order valence-corrected chi connectivity index (χ0v) is 20.5. The largest absolute Gasteiger partial charge is 0.460 e. The summed E-state index contributed by atoms with van der Waals surface area (Å²) in [4.78, 5) is 41.5. The molecule has 7 heteroatoms. The summed E-state index contributed by atoms with van der Waals surface area (Å²) in [5, 5.41) is 6.64. The van der Waals surface area contributed by atoms with Crippen molar-refractivity contribution in [2.75, 3.05) is 5.32 Å². The Balaban J connectivity index is 1.72. The number of aromatic nitrogens is 1. The molecule has 0 spiro atoms. The molecule has 1 heterocycles. The first-order valence-electron chi connectivity index (χ1n) is 11.5. The molecule has 3 rings (SSSR count). The van der Waals surface area contributed by atoms with E-state index >= 15 is 0 Å². The number of anilines is 1. The summed E-state index contributed by atoms with van der Waals surface area (Å²) >= 11 is 0. The van der Waals surface area contributed by atoms with Gasteiger partial charge in [0.1, 0.15) is 11.6 Å². The van der Waals surface area contributed by atoms with Gasteiger partial charge in [0.2, 0.25) is 11.8 Å². The van der Waals surface area contributed by atoms with Gasteiger partial charge in [-0.3, -0.25) is 14.4 Å². The lowest BCUT2D eigenvalue weighted by Gasteiger charge is -2.21. The SMILES string of the molecule is Cc1ccc(NC(=O)[C@H](CCC(=O)OC(C)(C)C)NC(=O)Cc2c(C)[nH]c3ccccc23)cc1. The molecule has 0 saturated heterocycles. The first-order chi connectivity index (χ1) is 16.0. The van der Waals surface area contributed by atoms with E-state index in [-0.39, 0.29) is 31.1 Å². The minimum absolute atomic E-state index is 0.00957. The summed E-state index contributed by atoms with van der Waals surface area (Å²) in [6.45, 7) is 9.25. The molecule has 0 aliphatic rings. The standard InChI is InChI=1S/C27H33N3O4/c1-17-10-12-19(13-11-17)29-26(33)23(14-15-25(32)34-27(3,4)5)30-24(31)16-21-18(2)28-22-9-7-6-8-20(21)22/h6-13,23,28H,14-16H2,1-5H3,(H,29,33)(H,30,31)/t23-/m0/s1. The minimum Gasteiger partial charge on any atom is -0.460 e. The van der Waals surface area contributed by atoms with E-state index in [1.54, 1.807) is 32.9 Å². The summed E-state index contributed by atoms with van der Waals surface area (Å²) < 4.78 is 5.37. The summed E-state index contributed by atoms with van der Waals surface area (Å²) in [5.41, 5.74) is 3.83. The fourth-order valence-electron chi connectivity index (χ4n) is 3.76. The molecule has 2 aromatic carbocycles. The van der Waals surface area contributed by atoms with Crippen LogP contribution in [0, 0.1) is 13.8 Å².